The molecule has 1 N–H and O–H groups in total. The maximum atomic E-state index is 12.8. The second kappa shape index (κ2) is 10.8. The molecule has 0 bridgehead atoms. The molecule has 3 aromatic carbocycles. The van der Waals surface area contributed by atoms with Crippen LogP contribution >= 0.6 is 39.3 Å². The molecule has 1 unspecified atom stereocenters. The minimum atomic E-state index is -0.379. The van der Waals surface area contributed by atoms with Gasteiger partial charge in [-0.3, -0.25) is 9.36 Å². The molecule has 0 aliphatic heterocycles. The molecule has 4 rings (SSSR count). The van der Waals surface area contributed by atoms with E-state index in [1.165, 1.54) is 11.1 Å². The second-order valence-electron chi connectivity index (χ2n) is 8.09. The molecule has 1 aromatic heterocycles. The fraction of sp³-hybridized carbons (Fsp3) is 0.192. The summed E-state index contributed by atoms with van der Waals surface area (Å²) in [6.45, 7) is 6.02. The average Bonchev–Trinajstić information content (AvgIpc) is 3.23. The van der Waals surface area contributed by atoms with Crippen molar-refractivity contribution in [1.82, 2.24) is 20.1 Å². The first kappa shape index (κ1) is 24.5. The Balaban J connectivity index is 1.66. The summed E-state index contributed by atoms with van der Waals surface area (Å²) in [7, 11) is 0. The molecule has 0 aliphatic carbocycles. The first-order chi connectivity index (χ1) is 16.3. The highest BCUT2D eigenvalue weighted by Crippen LogP contribution is 2.30. The monoisotopic (exact) mass is 554 g/mol. The van der Waals surface area contributed by atoms with Crippen molar-refractivity contribution in [3.8, 4) is 5.69 Å². The fourth-order valence-electron chi connectivity index (χ4n) is 3.60. The van der Waals surface area contributed by atoms with Crippen LogP contribution in [0.1, 0.15) is 45.8 Å². The molecule has 0 radical (unpaired) electrons. The van der Waals surface area contributed by atoms with Gasteiger partial charge in [0.1, 0.15) is 0 Å². The number of benzene rings is 3. The van der Waals surface area contributed by atoms with Gasteiger partial charge in [-0.25, -0.2) is 0 Å². The van der Waals surface area contributed by atoms with Crippen molar-refractivity contribution in [3.05, 3.63) is 104 Å². The molecule has 0 saturated heterocycles. The standard InChI is InChI=1S/C26H24BrClN4OS/c1-16-5-4-6-19(13-16)15-34-26-31-30-24(32(26)23-14-22(28)12-7-17(23)2)18(3)29-25(33)20-8-10-21(27)11-9-20/h4-14,18H,15H2,1-3H3,(H,29,33). The predicted molar refractivity (Wildman–Crippen MR) is 142 cm³/mol. The smallest absolute Gasteiger partial charge is 0.251 e. The van der Waals surface area contributed by atoms with Crippen LogP contribution in [0, 0.1) is 13.8 Å². The van der Waals surface area contributed by atoms with E-state index in [1.807, 2.05) is 48.7 Å². The minimum Gasteiger partial charge on any atom is -0.342 e. The van der Waals surface area contributed by atoms with Gasteiger partial charge in [0.2, 0.25) is 0 Å². The molecule has 1 atom stereocenters. The Bertz CT molecular complexity index is 1320. The Morgan fingerprint density at radius 1 is 1.09 bits per heavy atom. The Labute approximate surface area is 217 Å². The Morgan fingerprint density at radius 2 is 1.85 bits per heavy atom. The number of hydrogen-bond donors (Lipinski definition) is 1. The third-order valence-electron chi connectivity index (χ3n) is 5.36. The Hall–Kier alpha value is -2.61. The van der Waals surface area contributed by atoms with Crippen LogP contribution in [0.3, 0.4) is 0 Å². The number of nitrogens with one attached hydrogen (secondary N) is 1. The molecule has 5 nitrogen and oxygen atoms in total. The third-order valence-corrected chi connectivity index (χ3v) is 7.13. The van der Waals surface area contributed by atoms with Gasteiger partial charge in [-0.2, -0.15) is 0 Å². The predicted octanol–water partition coefficient (Wildman–Crippen LogP) is 7.08. The first-order valence-electron chi connectivity index (χ1n) is 10.8. The summed E-state index contributed by atoms with van der Waals surface area (Å²) in [5.74, 6) is 1.22. The molecule has 34 heavy (non-hydrogen) atoms. The lowest BCUT2D eigenvalue weighted by molar-refractivity contribution is 0.0938. The van der Waals surface area contributed by atoms with Crippen molar-refractivity contribution in [2.24, 2.45) is 0 Å². The van der Waals surface area contributed by atoms with Gasteiger partial charge in [0.05, 0.1) is 11.7 Å². The average molecular weight is 556 g/mol. The molecule has 1 amide bonds. The zero-order valence-corrected chi connectivity index (χ0v) is 22.2. The van der Waals surface area contributed by atoms with E-state index in [-0.39, 0.29) is 11.9 Å². The number of aromatic nitrogens is 3. The summed E-state index contributed by atoms with van der Waals surface area (Å²) in [6.07, 6.45) is 0. The Morgan fingerprint density at radius 3 is 2.59 bits per heavy atom. The maximum absolute atomic E-state index is 12.8. The minimum absolute atomic E-state index is 0.175. The van der Waals surface area contributed by atoms with Crippen LogP contribution in [0.15, 0.2) is 76.4 Å². The highest BCUT2D eigenvalue weighted by Gasteiger charge is 2.23. The molecule has 0 saturated carbocycles. The van der Waals surface area contributed by atoms with Crippen LogP contribution in [0.5, 0.6) is 0 Å². The zero-order chi connectivity index (χ0) is 24.2. The third kappa shape index (κ3) is 5.71. The van der Waals surface area contributed by atoms with Crippen molar-refractivity contribution >= 4 is 45.2 Å². The number of thioether (sulfide) groups is 1. The second-order valence-corrected chi connectivity index (χ2v) is 10.4. The van der Waals surface area contributed by atoms with Gasteiger partial charge in [0.15, 0.2) is 11.0 Å². The van der Waals surface area contributed by atoms with Crippen molar-refractivity contribution in [1.29, 1.82) is 0 Å². The van der Waals surface area contributed by atoms with Crippen LogP contribution in [0.4, 0.5) is 0 Å². The number of hydrogen-bond acceptors (Lipinski definition) is 4. The van der Waals surface area contributed by atoms with Crippen LogP contribution < -0.4 is 5.32 Å². The summed E-state index contributed by atoms with van der Waals surface area (Å²) in [4.78, 5) is 12.8. The summed E-state index contributed by atoms with van der Waals surface area (Å²) < 4.78 is 2.91. The lowest BCUT2D eigenvalue weighted by atomic mass is 10.1. The van der Waals surface area contributed by atoms with Crippen molar-refractivity contribution in [3.63, 3.8) is 0 Å². The van der Waals surface area contributed by atoms with Crippen molar-refractivity contribution in [2.75, 3.05) is 0 Å². The number of halogens is 2. The molecule has 1 heterocycles. The molecule has 8 heteroatoms. The fourth-order valence-corrected chi connectivity index (χ4v) is 4.93. The van der Waals surface area contributed by atoms with Crippen molar-refractivity contribution < 1.29 is 4.79 Å². The van der Waals surface area contributed by atoms with Gasteiger partial charge in [-0.1, -0.05) is 75.2 Å². The first-order valence-corrected chi connectivity index (χ1v) is 12.9. The molecule has 174 valence electrons. The van der Waals surface area contributed by atoms with E-state index in [1.54, 1.807) is 23.9 Å². The quantitative estimate of drug-likeness (QED) is 0.248. The maximum Gasteiger partial charge on any atom is 0.251 e. The van der Waals surface area contributed by atoms with E-state index < -0.39 is 0 Å². The van der Waals surface area contributed by atoms with Crippen molar-refractivity contribution in [2.45, 2.75) is 37.7 Å². The van der Waals surface area contributed by atoms with Gasteiger partial charge in [-0.15, -0.1) is 10.2 Å². The van der Waals surface area contributed by atoms with Crippen LogP contribution in [-0.4, -0.2) is 20.7 Å². The molecule has 0 fully saturated rings. The Kier molecular flexibility index (Phi) is 7.76. The highest BCUT2D eigenvalue weighted by molar-refractivity contribution is 9.10. The van der Waals surface area contributed by atoms with Crippen LogP contribution in [0.25, 0.3) is 5.69 Å². The summed E-state index contributed by atoms with van der Waals surface area (Å²) >= 11 is 11.4. The van der Waals surface area contributed by atoms with Crippen LogP contribution in [0.2, 0.25) is 5.02 Å². The largest absolute Gasteiger partial charge is 0.342 e. The van der Waals surface area contributed by atoms with E-state index in [9.17, 15) is 4.79 Å². The number of carbonyl (C=O) groups is 1. The molecular weight excluding hydrogens is 532 g/mol. The SMILES string of the molecule is Cc1cccc(CSc2nnc(C(C)NC(=O)c3ccc(Br)cc3)n2-c2cc(Cl)ccc2C)c1. The molecular formula is C26H24BrClN4OS. The van der Waals surface area contributed by atoms with E-state index in [4.69, 9.17) is 11.6 Å². The van der Waals surface area contributed by atoms with E-state index >= 15 is 0 Å². The number of rotatable bonds is 7. The summed E-state index contributed by atoms with van der Waals surface area (Å²) in [6, 6.07) is 21.0. The lowest BCUT2D eigenvalue weighted by Gasteiger charge is -2.18. The number of amides is 1. The normalized spacial score (nSPS) is 11.9. The number of carbonyl (C=O) groups excluding carboxylic acids is 1. The van der Waals surface area contributed by atoms with Gasteiger partial charge < -0.3 is 5.32 Å². The molecule has 4 aromatic rings. The van der Waals surface area contributed by atoms with Crippen LogP contribution in [-0.2, 0) is 5.75 Å². The number of aryl methyl sites for hydroxylation is 2. The zero-order valence-electron chi connectivity index (χ0n) is 19.0. The molecule has 0 aliphatic rings. The van der Waals surface area contributed by atoms with Gasteiger partial charge in [-0.05, 0) is 68.3 Å². The topological polar surface area (TPSA) is 59.8 Å². The highest BCUT2D eigenvalue weighted by atomic mass is 79.9. The number of nitrogens with zero attached hydrogens (tertiary/aromatic N) is 3. The van der Waals surface area contributed by atoms with Gasteiger partial charge >= 0.3 is 0 Å². The summed E-state index contributed by atoms with van der Waals surface area (Å²) in [5, 5.41) is 13.4. The van der Waals surface area contributed by atoms with Gasteiger partial charge in [0, 0.05) is 20.8 Å². The molecule has 0 spiro atoms. The van der Waals surface area contributed by atoms with E-state index in [0.717, 1.165) is 26.6 Å². The van der Waals surface area contributed by atoms with E-state index in [0.29, 0.717) is 16.4 Å². The lowest BCUT2D eigenvalue weighted by Crippen LogP contribution is -2.28. The summed E-state index contributed by atoms with van der Waals surface area (Å²) in [5.41, 5.74) is 4.93. The van der Waals surface area contributed by atoms with Gasteiger partial charge in [0.25, 0.3) is 5.91 Å². The van der Waals surface area contributed by atoms with E-state index in [2.05, 4.69) is 62.6 Å².